The maximum Gasteiger partial charge on any atom is 0.326 e. The fourth-order valence-corrected chi connectivity index (χ4v) is 8.61. The van der Waals surface area contributed by atoms with Crippen LogP contribution in [0.15, 0.2) is 0 Å². The zero-order chi connectivity index (χ0) is 39.4. The SMILES string of the molecule is CC(C)[C@@H](NC(=O)CCS)C(=O)O.CC(C)[C@@H](NC(=O)CCS)C(=O)[O-].CC1(C)S[C@@H]2CC(=O)N2[C@H]1C(=O)[O-].O=C([O-])[C@H]1CCS[C@@H]2CC(=O)N12. The van der Waals surface area contributed by atoms with E-state index in [2.05, 4.69) is 35.9 Å². The number of thiol groups is 2. The molecule has 4 rings (SSSR count). The Balaban J connectivity index is 0.000000340. The molecule has 4 heterocycles. The summed E-state index contributed by atoms with van der Waals surface area (Å²) in [6, 6.07) is -3.14. The molecular weight excluding hydrogens is 749 g/mol. The average molecular weight is 796 g/mol. The van der Waals surface area contributed by atoms with Crippen molar-refractivity contribution in [2.45, 2.75) is 113 Å². The lowest BCUT2D eigenvalue weighted by Crippen LogP contribution is -2.63. The molecule has 4 fully saturated rings. The van der Waals surface area contributed by atoms with Crippen LogP contribution < -0.4 is 26.0 Å². The van der Waals surface area contributed by atoms with Crippen LogP contribution in [-0.4, -0.2) is 119 Å². The van der Waals surface area contributed by atoms with Crippen LogP contribution in [-0.2, 0) is 38.4 Å². The van der Waals surface area contributed by atoms with E-state index < -0.39 is 52.8 Å². The lowest BCUT2D eigenvalue weighted by atomic mass is 9.98. The number of carbonyl (C=O) groups is 8. The molecule has 0 spiro atoms. The van der Waals surface area contributed by atoms with Gasteiger partial charge in [-0.15, -0.1) is 23.5 Å². The van der Waals surface area contributed by atoms with Gasteiger partial charge in [0.05, 0.1) is 59.6 Å². The highest BCUT2D eigenvalue weighted by Crippen LogP contribution is 2.50. The molecule has 0 saturated carbocycles. The van der Waals surface area contributed by atoms with E-state index in [9.17, 15) is 53.7 Å². The number of nitrogens with zero attached hydrogens (tertiary/aromatic N) is 2. The summed E-state index contributed by atoms with van der Waals surface area (Å²) in [4.78, 5) is 89.6. The number of β-lactam (4-membered cyclic amide) rings is 2. The minimum Gasteiger partial charge on any atom is -0.548 e. The Morgan fingerprint density at radius 3 is 1.63 bits per heavy atom. The molecule has 20 heteroatoms. The van der Waals surface area contributed by atoms with Gasteiger partial charge in [-0.3, -0.25) is 19.2 Å². The summed E-state index contributed by atoms with van der Waals surface area (Å²) < 4.78 is -0.421. The molecule has 4 aliphatic rings. The lowest BCUT2D eigenvalue weighted by Gasteiger charge is -2.48. The Labute approximate surface area is 316 Å². The third-order valence-electron chi connectivity index (χ3n) is 7.97. The molecule has 4 aliphatic heterocycles. The first-order chi connectivity index (χ1) is 23.6. The molecule has 0 aromatic rings. The first kappa shape index (κ1) is 46.2. The molecule has 4 saturated heterocycles. The maximum absolute atomic E-state index is 11.1. The summed E-state index contributed by atoms with van der Waals surface area (Å²) in [5.41, 5.74) is 0. The minimum atomic E-state index is -1.25. The number of rotatable bonds is 12. The summed E-state index contributed by atoms with van der Waals surface area (Å²) in [6.45, 7) is 10.6. The topological polar surface area (TPSA) is 257 Å². The standard InChI is InChI=1S/C8H11NO3S.2C8H15NO3S.C7H9NO3S/c1-8(2)6(7(11)12)9-4(10)3-5(9)13-8;2*1-5(2)7(8(11)12)9-6(10)3-4-13;9-5-3-6-8(5)4(7(10)11)1-2-12-6/h5-6H,3H2,1-2H3,(H,11,12);2*5,7,13H,3-4H2,1-2H3,(H,9,10)(H,11,12);4,6H,1-3H2,(H,10,11)/p-3/t5-,6+;2*7-;4-,6-/m1111/s1. The van der Waals surface area contributed by atoms with E-state index in [-0.39, 0.29) is 59.1 Å². The van der Waals surface area contributed by atoms with Gasteiger partial charge in [0.1, 0.15) is 6.04 Å². The van der Waals surface area contributed by atoms with Crippen LogP contribution in [0.25, 0.3) is 0 Å². The van der Waals surface area contributed by atoms with Crippen molar-refractivity contribution in [3.05, 3.63) is 0 Å². The number of hydrogen-bond acceptors (Lipinski definition) is 15. The third-order valence-corrected chi connectivity index (χ3v) is 11.2. The molecule has 6 atom stereocenters. The van der Waals surface area contributed by atoms with Crippen molar-refractivity contribution in [2.75, 3.05) is 17.3 Å². The van der Waals surface area contributed by atoms with Crippen molar-refractivity contribution < 1.29 is 58.8 Å². The quantitative estimate of drug-likeness (QED) is 0.103. The van der Waals surface area contributed by atoms with Gasteiger partial charge >= 0.3 is 5.97 Å². The molecule has 0 unspecified atom stereocenters. The number of thioether (sulfide) groups is 2. The average Bonchev–Trinajstić information content (AvgIpc) is 3.23. The van der Waals surface area contributed by atoms with E-state index in [1.54, 1.807) is 51.2 Å². The predicted octanol–water partition coefficient (Wildman–Crippen LogP) is -2.28. The van der Waals surface area contributed by atoms with E-state index in [0.29, 0.717) is 30.8 Å². The molecule has 290 valence electrons. The van der Waals surface area contributed by atoms with Crippen LogP contribution in [0.1, 0.15) is 73.6 Å². The molecule has 3 N–H and O–H groups in total. The lowest BCUT2D eigenvalue weighted by molar-refractivity contribution is -0.313. The number of carboxylic acids is 4. The number of hydrogen-bond donors (Lipinski definition) is 5. The molecule has 51 heavy (non-hydrogen) atoms. The Morgan fingerprint density at radius 2 is 1.29 bits per heavy atom. The van der Waals surface area contributed by atoms with Crippen LogP contribution in [0.4, 0.5) is 0 Å². The Kier molecular flexibility index (Phi) is 19.0. The van der Waals surface area contributed by atoms with Gasteiger partial charge in [0.25, 0.3) is 0 Å². The summed E-state index contributed by atoms with van der Waals surface area (Å²) in [5.74, 6) is -3.85. The van der Waals surface area contributed by atoms with E-state index in [4.69, 9.17) is 5.11 Å². The second kappa shape index (κ2) is 21.0. The minimum absolute atomic E-state index is 0.0543. The van der Waals surface area contributed by atoms with E-state index >= 15 is 0 Å². The summed E-state index contributed by atoms with van der Waals surface area (Å²) >= 11 is 10.9. The fraction of sp³-hybridized carbons (Fsp3) is 0.742. The smallest absolute Gasteiger partial charge is 0.326 e. The van der Waals surface area contributed by atoms with E-state index in [1.165, 1.54) is 9.80 Å². The second-order valence-electron chi connectivity index (χ2n) is 13.0. The van der Waals surface area contributed by atoms with Crippen molar-refractivity contribution in [3.63, 3.8) is 0 Å². The number of amides is 4. The van der Waals surface area contributed by atoms with Crippen LogP contribution in [0, 0.1) is 11.8 Å². The normalized spacial score (nSPS) is 23.5. The first-order valence-electron chi connectivity index (χ1n) is 16.2. The largest absolute Gasteiger partial charge is 0.548 e. The monoisotopic (exact) mass is 795 g/mol. The summed E-state index contributed by atoms with van der Waals surface area (Å²) in [7, 11) is 0. The van der Waals surface area contributed by atoms with Crippen LogP contribution >= 0.6 is 48.8 Å². The highest BCUT2D eigenvalue weighted by atomic mass is 32.2. The van der Waals surface area contributed by atoms with Crippen LogP contribution in [0.5, 0.6) is 0 Å². The molecule has 0 radical (unpaired) electrons. The number of carboxylic acid groups (broad SMARTS) is 4. The molecule has 0 bridgehead atoms. The van der Waals surface area contributed by atoms with Crippen molar-refractivity contribution in [1.29, 1.82) is 0 Å². The Morgan fingerprint density at radius 1 is 0.824 bits per heavy atom. The van der Waals surface area contributed by atoms with Crippen LogP contribution in [0.3, 0.4) is 0 Å². The molecule has 0 aromatic heterocycles. The first-order valence-corrected chi connectivity index (χ1v) is 19.4. The number of aliphatic carboxylic acids is 4. The molecular formula is C31H47N4O12S4-3. The highest BCUT2D eigenvalue weighted by molar-refractivity contribution is 8.01. The Hall–Kier alpha value is -2.84. The summed E-state index contributed by atoms with van der Waals surface area (Å²) in [6.07, 6.45) is 1.96. The van der Waals surface area contributed by atoms with Crippen molar-refractivity contribution >= 4 is 96.3 Å². The highest BCUT2D eigenvalue weighted by Gasteiger charge is 2.56. The number of fused-ring (bicyclic) bond motifs is 2. The van der Waals surface area contributed by atoms with Crippen LogP contribution in [0.2, 0.25) is 0 Å². The zero-order valence-corrected chi connectivity index (χ0v) is 32.7. The summed E-state index contributed by atoms with van der Waals surface area (Å²) in [5, 5.41) is 45.6. The molecule has 16 nitrogen and oxygen atoms in total. The van der Waals surface area contributed by atoms with Gasteiger partial charge in [-0.05, 0) is 49.4 Å². The van der Waals surface area contributed by atoms with Crippen molar-refractivity contribution in [1.82, 2.24) is 20.4 Å². The second-order valence-corrected chi connectivity index (χ2v) is 17.1. The van der Waals surface area contributed by atoms with Gasteiger partial charge in [-0.1, -0.05) is 27.7 Å². The van der Waals surface area contributed by atoms with E-state index in [0.717, 1.165) is 5.75 Å². The maximum atomic E-state index is 11.1. The van der Waals surface area contributed by atoms with Gasteiger partial charge in [0, 0.05) is 17.6 Å². The Bertz CT molecular complexity index is 1250. The third kappa shape index (κ3) is 13.6. The van der Waals surface area contributed by atoms with Gasteiger partial charge in [0.2, 0.25) is 23.6 Å². The van der Waals surface area contributed by atoms with Gasteiger partial charge in [-0.25, -0.2) is 4.79 Å². The molecule has 0 aromatic carbocycles. The van der Waals surface area contributed by atoms with Gasteiger partial charge < -0.3 is 55.2 Å². The fourth-order valence-electron chi connectivity index (χ4n) is 5.26. The van der Waals surface area contributed by atoms with Gasteiger partial charge in [-0.2, -0.15) is 25.3 Å². The van der Waals surface area contributed by atoms with Gasteiger partial charge in [0.15, 0.2) is 0 Å². The van der Waals surface area contributed by atoms with E-state index in [1.807, 2.05) is 13.8 Å². The number of carbonyl (C=O) groups excluding carboxylic acids is 7. The zero-order valence-electron chi connectivity index (χ0n) is 29.3. The molecule has 4 amide bonds. The van der Waals surface area contributed by atoms with Crippen molar-refractivity contribution in [2.24, 2.45) is 11.8 Å². The molecule has 0 aliphatic carbocycles. The number of nitrogens with one attached hydrogen (secondary N) is 2. The van der Waals surface area contributed by atoms with Crippen molar-refractivity contribution in [3.8, 4) is 0 Å². The predicted molar refractivity (Wildman–Crippen MR) is 190 cm³/mol.